The lowest BCUT2D eigenvalue weighted by atomic mass is 10.0. The van der Waals surface area contributed by atoms with Crippen molar-refractivity contribution < 1.29 is 8.42 Å². The van der Waals surface area contributed by atoms with E-state index in [4.69, 9.17) is 23.8 Å². The van der Waals surface area contributed by atoms with Gasteiger partial charge in [-0.25, -0.2) is 8.42 Å². The largest absolute Gasteiger partial charge is 0.384 e. The van der Waals surface area contributed by atoms with Crippen molar-refractivity contribution in [3.63, 3.8) is 0 Å². The van der Waals surface area contributed by atoms with Crippen molar-refractivity contribution in [3.8, 4) is 0 Å². The van der Waals surface area contributed by atoms with Crippen molar-refractivity contribution in [2.75, 3.05) is 4.72 Å². The molecule has 0 heterocycles. The number of sulfonamides is 1. The van der Waals surface area contributed by atoms with Crippen LogP contribution in [0.3, 0.4) is 0 Å². The molecule has 0 bridgehead atoms. The van der Waals surface area contributed by atoms with Gasteiger partial charge in [-0.3, -0.25) is 10.1 Å². The summed E-state index contributed by atoms with van der Waals surface area (Å²) < 4.78 is 29.8. The Morgan fingerprint density at radius 3 is 2.40 bits per heavy atom. The molecule has 0 saturated heterocycles. The monoisotopic (exact) mass is 567 g/mol. The van der Waals surface area contributed by atoms with E-state index in [0.717, 1.165) is 11.1 Å². The molecule has 0 amide bonds. The van der Waals surface area contributed by atoms with E-state index in [1.165, 1.54) is 0 Å². The molecule has 0 saturated carbocycles. The van der Waals surface area contributed by atoms with Gasteiger partial charge in [0, 0.05) is 19.8 Å². The minimum absolute atomic E-state index is 0.0161. The Kier molecular flexibility index (Phi) is 7.28. The van der Waals surface area contributed by atoms with Crippen LogP contribution < -0.4 is 10.5 Å². The molecule has 0 radical (unpaired) electrons. The molecule has 156 valence electrons. The molecule has 3 aromatic rings. The highest BCUT2D eigenvalue weighted by Gasteiger charge is 2.21. The number of nitrogens with two attached hydrogens (primary N) is 1. The van der Waals surface area contributed by atoms with Crippen LogP contribution in [0.25, 0.3) is 0 Å². The van der Waals surface area contributed by atoms with E-state index < -0.39 is 10.0 Å². The third kappa shape index (κ3) is 5.46. The van der Waals surface area contributed by atoms with Crippen molar-refractivity contribution in [2.45, 2.75) is 16.6 Å². The summed E-state index contributed by atoms with van der Waals surface area (Å²) in [4.78, 5) is 0.141. The SMILES string of the molecule is N=C(N)c1ccc(CC(S)c2ccccc2NS(=O)(=O)c2cc(Br)ccc2Br)cc1. The van der Waals surface area contributed by atoms with Crippen molar-refractivity contribution in [1.29, 1.82) is 5.41 Å². The smallest absolute Gasteiger partial charge is 0.263 e. The van der Waals surface area contributed by atoms with E-state index >= 15 is 0 Å². The van der Waals surface area contributed by atoms with Gasteiger partial charge in [-0.2, -0.15) is 12.6 Å². The van der Waals surface area contributed by atoms with Crippen molar-refractivity contribution >= 4 is 66.0 Å². The molecule has 0 aliphatic rings. The van der Waals surface area contributed by atoms with E-state index in [1.54, 1.807) is 42.5 Å². The molecule has 4 N–H and O–H groups in total. The van der Waals surface area contributed by atoms with Crippen molar-refractivity contribution in [3.05, 3.63) is 92.4 Å². The van der Waals surface area contributed by atoms with Crippen LogP contribution in [0.5, 0.6) is 0 Å². The highest BCUT2D eigenvalue weighted by molar-refractivity contribution is 9.11. The average molecular weight is 569 g/mol. The Labute approximate surface area is 198 Å². The zero-order valence-corrected chi connectivity index (χ0v) is 20.5. The first-order valence-corrected chi connectivity index (χ1v) is 12.4. The first kappa shape index (κ1) is 22.9. The lowest BCUT2D eigenvalue weighted by Crippen LogP contribution is -2.15. The molecule has 30 heavy (non-hydrogen) atoms. The van der Waals surface area contributed by atoms with Crippen LogP contribution in [0.2, 0.25) is 0 Å². The second-order valence-corrected chi connectivity index (χ2v) is 10.6. The predicted octanol–water partition coefficient (Wildman–Crippen LogP) is 5.51. The molecule has 5 nitrogen and oxygen atoms in total. The van der Waals surface area contributed by atoms with E-state index in [0.29, 0.717) is 26.6 Å². The highest BCUT2D eigenvalue weighted by Crippen LogP contribution is 2.33. The number of rotatable bonds is 7. The summed E-state index contributed by atoms with van der Waals surface area (Å²) >= 11 is 11.3. The molecular weight excluding hydrogens is 550 g/mol. The minimum Gasteiger partial charge on any atom is -0.384 e. The number of nitrogens with one attached hydrogen (secondary N) is 2. The van der Waals surface area contributed by atoms with E-state index in [1.807, 2.05) is 24.3 Å². The standard InChI is InChI=1S/C21H19Br2N3O2S2/c22-15-9-10-17(23)20(12-15)30(27,28)26-18-4-2-1-3-16(18)19(29)11-13-5-7-14(8-6-13)21(24)25/h1-10,12,19,26,29H,11H2,(H3,24,25). The fourth-order valence-electron chi connectivity index (χ4n) is 2.92. The Bertz CT molecular complexity index is 1180. The zero-order valence-electron chi connectivity index (χ0n) is 15.6. The van der Waals surface area contributed by atoms with E-state index in [-0.39, 0.29) is 16.0 Å². The molecule has 0 spiro atoms. The summed E-state index contributed by atoms with van der Waals surface area (Å²) in [6.45, 7) is 0. The van der Waals surface area contributed by atoms with Crippen LogP contribution in [0.4, 0.5) is 5.69 Å². The van der Waals surface area contributed by atoms with Crippen LogP contribution in [-0.4, -0.2) is 14.3 Å². The zero-order chi connectivity index (χ0) is 21.9. The van der Waals surface area contributed by atoms with Gasteiger partial charge in [0.1, 0.15) is 10.7 Å². The Morgan fingerprint density at radius 2 is 1.73 bits per heavy atom. The van der Waals surface area contributed by atoms with E-state index in [9.17, 15) is 8.42 Å². The summed E-state index contributed by atoms with van der Waals surface area (Å²) in [6, 6.07) is 19.6. The second kappa shape index (κ2) is 9.55. The third-order valence-electron chi connectivity index (χ3n) is 4.44. The van der Waals surface area contributed by atoms with Crippen LogP contribution >= 0.6 is 44.5 Å². The number of benzene rings is 3. The lowest BCUT2D eigenvalue weighted by Gasteiger charge is -2.18. The number of thiol groups is 1. The number of amidine groups is 1. The molecular formula is C21H19Br2N3O2S2. The highest BCUT2D eigenvalue weighted by atomic mass is 79.9. The molecule has 9 heteroatoms. The van der Waals surface area contributed by atoms with Gasteiger partial charge in [-0.15, -0.1) is 0 Å². The number of nitrogen functional groups attached to an aromatic ring is 1. The van der Waals surface area contributed by atoms with Crippen molar-refractivity contribution in [2.24, 2.45) is 5.73 Å². The summed E-state index contributed by atoms with van der Waals surface area (Å²) in [7, 11) is -3.81. The summed E-state index contributed by atoms with van der Waals surface area (Å²) in [6.07, 6.45) is 0.584. The van der Waals surface area contributed by atoms with Gasteiger partial charge in [0.2, 0.25) is 0 Å². The fourth-order valence-corrected chi connectivity index (χ4v) is 5.94. The number of hydrogen-bond acceptors (Lipinski definition) is 4. The maximum absolute atomic E-state index is 13.0. The third-order valence-corrected chi connectivity index (χ3v) is 7.75. The van der Waals surface area contributed by atoms with Gasteiger partial charge >= 0.3 is 0 Å². The van der Waals surface area contributed by atoms with Crippen LogP contribution in [0.1, 0.15) is 21.9 Å². The average Bonchev–Trinajstić information content (AvgIpc) is 2.70. The van der Waals surface area contributed by atoms with Crippen molar-refractivity contribution in [1.82, 2.24) is 0 Å². The van der Waals surface area contributed by atoms with Gasteiger partial charge in [0.25, 0.3) is 10.0 Å². The summed E-state index contributed by atoms with van der Waals surface area (Å²) in [5.74, 6) is 0.0161. The predicted molar refractivity (Wildman–Crippen MR) is 132 cm³/mol. The first-order valence-electron chi connectivity index (χ1n) is 8.85. The lowest BCUT2D eigenvalue weighted by molar-refractivity contribution is 0.600. The quantitative estimate of drug-likeness (QED) is 0.172. The van der Waals surface area contributed by atoms with Gasteiger partial charge < -0.3 is 5.73 Å². The molecule has 0 aliphatic heterocycles. The number of hydrogen-bond donors (Lipinski definition) is 4. The van der Waals surface area contributed by atoms with Crippen LogP contribution in [-0.2, 0) is 16.4 Å². The Balaban J connectivity index is 1.86. The van der Waals surface area contributed by atoms with Gasteiger partial charge in [0.05, 0.1) is 5.69 Å². The molecule has 0 aromatic heterocycles. The molecule has 1 unspecified atom stereocenters. The number of halogens is 2. The maximum atomic E-state index is 13.0. The number of para-hydroxylation sites is 1. The molecule has 3 aromatic carbocycles. The summed E-state index contributed by atoms with van der Waals surface area (Å²) in [5, 5.41) is 7.25. The van der Waals surface area contributed by atoms with Gasteiger partial charge in [0.15, 0.2) is 0 Å². The molecule has 3 rings (SSSR count). The molecule has 1 atom stereocenters. The maximum Gasteiger partial charge on any atom is 0.263 e. The fraction of sp³-hybridized carbons (Fsp3) is 0.0952. The Morgan fingerprint density at radius 1 is 1.07 bits per heavy atom. The van der Waals surface area contributed by atoms with Crippen LogP contribution in [0, 0.1) is 5.41 Å². The van der Waals surface area contributed by atoms with Crippen LogP contribution in [0.15, 0.2) is 80.6 Å². The Hall–Kier alpha value is -1.81. The van der Waals surface area contributed by atoms with Gasteiger partial charge in [-0.05, 0) is 57.7 Å². The minimum atomic E-state index is -3.81. The second-order valence-electron chi connectivity index (χ2n) is 6.60. The molecule has 0 fully saturated rings. The first-order chi connectivity index (χ1) is 14.2. The topological polar surface area (TPSA) is 96.0 Å². The summed E-state index contributed by atoms with van der Waals surface area (Å²) in [5.41, 5.74) is 8.41. The number of anilines is 1. The van der Waals surface area contributed by atoms with E-state index in [2.05, 4.69) is 36.6 Å². The normalized spacial score (nSPS) is 12.4. The van der Waals surface area contributed by atoms with Gasteiger partial charge in [-0.1, -0.05) is 58.4 Å². The molecule has 0 aliphatic carbocycles.